The fraction of sp³-hybridized carbons (Fsp3) is 0.517. The Bertz CT molecular complexity index is 1090. The second-order valence-electron chi connectivity index (χ2n) is 10.5. The molecule has 2 aromatic rings. The molecule has 4 N–H and O–H groups in total. The molecule has 0 bridgehead atoms. The Labute approximate surface area is 218 Å². The van der Waals surface area contributed by atoms with Crippen LogP contribution in [0.3, 0.4) is 0 Å². The van der Waals surface area contributed by atoms with Crippen molar-refractivity contribution in [2.24, 2.45) is 16.6 Å². The monoisotopic (exact) mass is 506 g/mol. The van der Waals surface area contributed by atoms with Crippen LogP contribution in [0.1, 0.15) is 63.4 Å². The lowest BCUT2D eigenvalue weighted by atomic mass is 9.83. The lowest BCUT2D eigenvalue weighted by Crippen LogP contribution is -2.52. The zero-order valence-electron chi connectivity index (χ0n) is 21.4. The van der Waals surface area contributed by atoms with Gasteiger partial charge in [0.15, 0.2) is 5.96 Å². The summed E-state index contributed by atoms with van der Waals surface area (Å²) >= 11 is 0. The van der Waals surface area contributed by atoms with Crippen molar-refractivity contribution in [1.29, 1.82) is 0 Å². The largest absolute Gasteiger partial charge is 0.457 e. The number of aliphatic imine (C=N–C) groups is 1. The number of ether oxygens (including phenoxy) is 2. The molecule has 1 aliphatic heterocycles. The summed E-state index contributed by atoms with van der Waals surface area (Å²) in [5.74, 6) is 2.34. The van der Waals surface area contributed by atoms with E-state index >= 15 is 0 Å². The molecule has 0 spiro atoms. The minimum absolute atomic E-state index is 0.0714. The Morgan fingerprint density at radius 3 is 2.57 bits per heavy atom. The Morgan fingerprint density at radius 2 is 1.78 bits per heavy atom. The number of nitrogens with one attached hydrogen (secondary N) is 1. The zero-order valence-corrected chi connectivity index (χ0v) is 21.4. The van der Waals surface area contributed by atoms with Gasteiger partial charge < -0.3 is 30.5 Å². The maximum absolute atomic E-state index is 12.7. The number of nitrogens with zero attached hydrogens (tertiary/aromatic N) is 2. The minimum Gasteiger partial charge on any atom is -0.457 e. The minimum atomic E-state index is -0.510. The lowest BCUT2D eigenvalue weighted by molar-refractivity contribution is 0.0586. The van der Waals surface area contributed by atoms with E-state index in [1.165, 1.54) is 6.42 Å². The van der Waals surface area contributed by atoms with Gasteiger partial charge in [0.05, 0.1) is 23.9 Å². The van der Waals surface area contributed by atoms with Crippen LogP contribution in [0.15, 0.2) is 53.5 Å². The predicted octanol–water partition coefficient (Wildman–Crippen LogP) is 5.22. The van der Waals surface area contributed by atoms with Crippen molar-refractivity contribution in [1.82, 2.24) is 10.2 Å². The van der Waals surface area contributed by atoms with E-state index in [1.54, 1.807) is 0 Å². The molecule has 8 heteroatoms. The maximum Gasteiger partial charge on any atom is 0.407 e. The van der Waals surface area contributed by atoms with Crippen LogP contribution in [-0.4, -0.2) is 46.9 Å². The highest BCUT2D eigenvalue weighted by atomic mass is 16.5. The molecule has 1 heterocycles. The van der Waals surface area contributed by atoms with Gasteiger partial charge in [-0.3, -0.25) is 0 Å². The van der Waals surface area contributed by atoms with Crippen molar-refractivity contribution in [3.63, 3.8) is 0 Å². The van der Waals surface area contributed by atoms with Crippen LogP contribution in [0.25, 0.3) is 0 Å². The first-order chi connectivity index (χ1) is 18.1. The summed E-state index contributed by atoms with van der Waals surface area (Å²) in [5, 5.41) is 13.1. The van der Waals surface area contributed by atoms with E-state index in [2.05, 4.69) is 10.2 Å². The summed E-state index contributed by atoms with van der Waals surface area (Å²) in [6, 6.07) is 15.2. The van der Waals surface area contributed by atoms with Crippen LogP contribution in [0, 0.1) is 5.92 Å². The van der Waals surface area contributed by atoms with Gasteiger partial charge in [-0.25, -0.2) is 9.79 Å². The third kappa shape index (κ3) is 6.36. The van der Waals surface area contributed by atoms with Gasteiger partial charge in [0, 0.05) is 12.1 Å². The van der Waals surface area contributed by atoms with Gasteiger partial charge in [0.2, 0.25) is 0 Å². The Kier molecular flexibility index (Phi) is 8.14. The van der Waals surface area contributed by atoms with Gasteiger partial charge in [-0.2, -0.15) is 0 Å². The van der Waals surface area contributed by atoms with Crippen molar-refractivity contribution in [3.8, 4) is 11.5 Å². The molecule has 0 aromatic heterocycles. The van der Waals surface area contributed by atoms with E-state index in [0.29, 0.717) is 24.8 Å². The highest BCUT2D eigenvalue weighted by molar-refractivity contribution is 5.84. The number of alkyl carbamates (subject to hydrolysis) is 1. The average Bonchev–Trinajstić information content (AvgIpc) is 2.92. The lowest BCUT2D eigenvalue weighted by Gasteiger charge is -2.40. The van der Waals surface area contributed by atoms with E-state index in [1.807, 2.05) is 48.5 Å². The number of carbonyl (C=O) groups excluding carboxylic acids is 1. The number of nitrogens with two attached hydrogens (primary N) is 1. The highest BCUT2D eigenvalue weighted by Gasteiger charge is 2.34. The summed E-state index contributed by atoms with van der Waals surface area (Å²) in [6.45, 7) is 0.801. The molecule has 2 aromatic carbocycles. The second kappa shape index (κ2) is 11.9. The average molecular weight is 507 g/mol. The van der Waals surface area contributed by atoms with Gasteiger partial charge >= 0.3 is 6.09 Å². The van der Waals surface area contributed by atoms with Crippen molar-refractivity contribution >= 4 is 17.7 Å². The second-order valence-corrected chi connectivity index (χ2v) is 10.5. The number of para-hydroxylation sites is 1. The summed E-state index contributed by atoms with van der Waals surface area (Å²) in [7, 11) is 0. The normalized spacial score (nSPS) is 22.9. The van der Waals surface area contributed by atoms with Crippen molar-refractivity contribution in [2.75, 3.05) is 6.61 Å². The molecule has 0 radical (unpaired) electrons. The molecule has 1 amide bonds. The number of rotatable bonds is 7. The van der Waals surface area contributed by atoms with Crippen LogP contribution in [0.4, 0.5) is 10.5 Å². The van der Waals surface area contributed by atoms with Crippen LogP contribution in [-0.2, 0) is 11.3 Å². The predicted molar refractivity (Wildman–Crippen MR) is 143 cm³/mol. The van der Waals surface area contributed by atoms with E-state index in [4.69, 9.17) is 20.2 Å². The molecule has 2 aliphatic carbocycles. The topological polar surface area (TPSA) is 109 Å². The fourth-order valence-electron chi connectivity index (χ4n) is 5.86. The molecule has 198 valence electrons. The molecule has 3 atom stereocenters. The Hall–Kier alpha value is -3.26. The standard InChI is InChI=1S/C29H38N4O4/c30-28-31-24-16-15-23(37-22-11-5-2-6-12-22)17-21(24)18-33(28)26(20-9-3-1-4-10-20)19-36-29(35)32-25-13-7-8-14-27(25)34/h2,5-6,11-12,15-17,20,25-27,34H,1,3-4,7-10,13-14,18-19H2,(H2,30,31)(H,32,35)/t25?,26-,27?/m0/s1. The van der Waals surface area contributed by atoms with E-state index in [0.717, 1.165) is 67.7 Å². The van der Waals surface area contributed by atoms with Crippen LogP contribution in [0.2, 0.25) is 0 Å². The molecule has 3 aliphatic rings. The zero-order chi connectivity index (χ0) is 25.6. The molecule has 2 unspecified atom stereocenters. The third-order valence-electron chi connectivity index (χ3n) is 7.91. The van der Waals surface area contributed by atoms with E-state index < -0.39 is 12.2 Å². The Morgan fingerprint density at radius 1 is 1.03 bits per heavy atom. The number of benzene rings is 2. The molecule has 37 heavy (non-hydrogen) atoms. The number of carbonyl (C=O) groups is 1. The Balaban J connectivity index is 1.29. The fourth-order valence-corrected chi connectivity index (χ4v) is 5.86. The summed E-state index contributed by atoms with van der Waals surface area (Å²) < 4.78 is 11.8. The highest BCUT2D eigenvalue weighted by Crippen LogP contribution is 2.35. The SMILES string of the molecule is NC1=Nc2ccc(Oc3ccccc3)cc2CN1[C@@H](COC(=O)NC1CCCCC1O)C1CCCCC1. The number of aliphatic hydroxyl groups excluding tert-OH is 1. The number of fused-ring (bicyclic) bond motifs is 1. The number of aliphatic hydroxyl groups is 1. The molecular weight excluding hydrogens is 468 g/mol. The molecule has 2 saturated carbocycles. The first-order valence-electron chi connectivity index (χ1n) is 13.6. The van der Waals surface area contributed by atoms with Gasteiger partial charge in [-0.1, -0.05) is 50.3 Å². The van der Waals surface area contributed by atoms with Crippen molar-refractivity contribution < 1.29 is 19.4 Å². The van der Waals surface area contributed by atoms with Gasteiger partial charge in [-0.15, -0.1) is 0 Å². The van der Waals surface area contributed by atoms with Crippen molar-refractivity contribution in [2.45, 2.75) is 82.5 Å². The smallest absolute Gasteiger partial charge is 0.407 e. The first kappa shape index (κ1) is 25.4. The molecule has 0 saturated heterocycles. The van der Waals surface area contributed by atoms with Gasteiger partial charge in [0.1, 0.15) is 18.1 Å². The summed E-state index contributed by atoms with van der Waals surface area (Å²) in [5.41, 5.74) is 8.35. The summed E-state index contributed by atoms with van der Waals surface area (Å²) in [4.78, 5) is 19.5. The molecule has 5 rings (SSSR count). The van der Waals surface area contributed by atoms with Crippen LogP contribution >= 0.6 is 0 Å². The molecular formula is C29H38N4O4. The van der Waals surface area contributed by atoms with Crippen molar-refractivity contribution in [3.05, 3.63) is 54.1 Å². The third-order valence-corrected chi connectivity index (χ3v) is 7.91. The van der Waals surface area contributed by atoms with Crippen LogP contribution in [0.5, 0.6) is 11.5 Å². The number of amides is 1. The van der Waals surface area contributed by atoms with Gasteiger partial charge in [0.25, 0.3) is 0 Å². The van der Waals surface area contributed by atoms with E-state index in [-0.39, 0.29) is 18.7 Å². The molecule has 2 fully saturated rings. The number of guanidine groups is 1. The maximum atomic E-state index is 12.7. The summed E-state index contributed by atoms with van der Waals surface area (Å²) in [6.07, 6.45) is 8.21. The van der Waals surface area contributed by atoms with E-state index in [9.17, 15) is 9.90 Å². The van der Waals surface area contributed by atoms with Crippen LogP contribution < -0.4 is 15.8 Å². The number of hydrogen-bond donors (Lipinski definition) is 3. The number of hydrogen-bond acceptors (Lipinski definition) is 7. The quantitative estimate of drug-likeness (QED) is 0.475. The first-order valence-corrected chi connectivity index (χ1v) is 13.6. The molecule has 8 nitrogen and oxygen atoms in total. The van der Waals surface area contributed by atoms with Gasteiger partial charge in [-0.05, 0) is 61.9 Å².